The zero-order chi connectivity index (χ0) is 10.8. The molecular weight excluding hydrogens is 174 g/mol. The van der Waals surface area contributed by atoms with Crippen LogP contribution in [0.1, 0.15) is 51.9 Å². The first-order valence-corrected chi connectivity index (χ1v) is 5.91. The lowest BCUT2D eigenvalue weighted by Gasteiger charge is -2.22. The summed E-state index contributed by atoms with van der Waals surface area (Å²) in [7, 11) is 5.94. The van der Waals surface area contributed by atoms with Gasteiger partial charge in [0.2, 0.25) is 0 Å². The standard InChI is InChI=1S/C12H27NO/c1-5-6-7-8-9-10-11-12(14-4)13(2)3/h12H,5-11H2,1-4H3. The summed E-state index contributed by atoms with van der Waals surface area (Å²) in [6.07, 6.45) is 9.62. The number of hydrogen-bond acceptors (Lipinski definition) is 2. The molecule has 0 fully saturated rings. The fraction of sp³-hybridized carbons (Fsp3) is 1.00. The molecule has 0 rings (SSSR count). The molecule has 0 aliphatic heterocycles. The first-order chi connectivity index (χ1) is 6.72. The smallest absolute Gasteiger partial charge is 0.109 e. The van der Waals surface area contributed by atoms with Gasteiger partial charge in [-0.3, -0.25) is 4.90 Å². The van der Waals surface area contributed by atoms with Crippen LogP contribution < -0.4 is 0 Å². The van der Waals surface area contributed by atoms with Crippen molar-refractivity contribution in [3.05, 3.63) is 0 Å². The number of hydrogen-bond donors (Lipinski definition) is 0. The van der Waals surface area contributed by atoms with Crippen molar-refractivity contribution < 1.29 is 4.74 Å². The lowest BCUT2D eigenvalue weighted by molar-refractivity contribution is -0.0108. The molecule has 1 atom stereocenters. The molecule has 1 unspecified atom stereocenters. The zero-order valence-corrected chi connectivity index (χ0v) is 10.4. The number of rotatable bonds is 9. The van der Waals surface area contributed by atoms with Crippen LogP contribution in [-0.4, -0.2) is 32.3 Å². The van der Waals surface area contributed by atoms with Crippen molar-refractivity contribution in [2.75, 3.05) is 21.2 Å². The van der Waals surface area contributed by atoms with Crippen LogP contribution in [0, 0.1) is 0 Å². The summed E-state index contributed by atoms with van der Waals surface area (Å²) in [5.74, 6) is 0. The fourth-order valence-corrected chi connectivity index (χ4v) is 1.69. The van der Waals surface area contributed by atoms with Gasteiger partial charge in [-0.15, -0.1) is 0 Å². The van der Waals surface area contributed by atoms with E-state index >= 15 is 0 Å². The van der Waals surface area contributed by atoms with Crippen LogP contribution >= 0.6 is 0 Å². The van der Waals surface area contributed by atoms with Crippen LogP contribution in [0.4, 0.5) is 0 Å². The van der Waals surface area contributed by atoms with E-state index < -0.39 is 0 Å². The Bertz CT molecular complexity index is 115. The number of ether oxygens (including phenoxy) is 1. The minimum absolute atomic E-state index is 0.307. The summed E-state index contributed by atoms with van der Waals surface area (Å²) < 4.78 is 5.37. The predicted octanol–water partition coefficient (Wildman–Crippen LogP) is 3.27. The highest BCUT2D eigenvalue weighted by Crippen LogP contribution is 2.10. The van der Waals surface area contributed by atoms with E-state index in [1.165, 1.54) is 38.5 Å². The van der Waals surface area contributed by atoms with Crippen molar-refractivity contribution >= 4 is 0 Å². The first kappa shape index (κ1) is 13.9. The molecule has 0 radical (unpaired) electrons. The molecule has 0 saturated heterocycles. The van der Waals surface area contributed by atoms with Crippen LogP contribution in [0.25, 0.3) is 0 Å². The minimum Gasteiger partial charge on any atom is -0.366 e. The van der Waals surface area contributed by atoms with E-state index in [1.54, 1.807) is 7.11 Å². The molecule has 0 aliphatic carbocycles. The van der Waals surface area contributed by atoms with Gasteiger partial charge in [0.15, 0.2) is 0 Å². The maximum Gasteiger partial charge on any atom is 0.109 e. The summed E-state index contributed by atoms with van der Waals surface area (Å²) in [5.41, 5.74) is 0. The normalized spacial score (nSPS) is 13.5. The molecule has 0 amide bonds. The molecular formula is C12H27NO. The van der Waals surface area contributed by atoms with E-state index in [9.17, 15) is 0 Å². The Balaban J connectivity index is 3.25. The maximum atomic E-state index is 5.37. The zero-order valence-electron chi connectivity index (χ0n) is 10.4. The third-order valence-electron chi connectivity index (χ3n) is 2.65. The Hall–Kier alpha value is -0.0800. The molecule has 0 aromatic rings. The largest absolute Gasteiger partial charge is 0.366 e. The molecule has 2 heteroatoms. The SMILES string of the molecule is CCCCCCCCC(OC)N(C)C. The molecule has 0 saturated carbocycles. The van der Waals surface area contributed by atoms with Gasteiger partial charge in [0.25, 0.3) is 0 Å². The molecule has 0 aromatic heterocycles. The fourth-order valence-electron chi connectivity index (χ4n) is 1.69. The van der Waals surface area contributed by atoms with E-state index in [4.69, 9.17) is 4.74 Å². The molecule has 2 nitrogen and oxygen atoms in total. The van der Waals surface area contributed by atoms with Crippen LogP contribution in [0.2, 0.25) is 0 Å². The van der Waals surface area contributed by atoms with Gasteiger partial charge >= 0.3 is 0 Å². The molecule has 0 N–H and O–H groups in total. The summed E-state index contributed by atoms with van der Waals surface area (Å²) >= 11 is 0. The van der Waals surface area contributed by atoms with Crippen molar-refractivity contribution in [1.29, 1.82) is 0 Å². The van der Waals surface area contributed by atoms with Crippen molar-refractivity contribution in [1.82, 2.24) is 4.90 Å². The van der Waals surface area contributed by atoms with Gasteiger partial charge in [-0.2, -0.15) is 0 Å². The monoisotopic (exact) mass is 201 g/mol. The molecule has 0 heterocycles. The first-order valence-electron chi connectivity index (χ1n) is 5.91. The minimum atomic E-state index is 0.307. The maximum absolute atomic E-state index is 5.37. The second-order valence-electron chi connectivity index (χ2n) is 4.21. The third-order valence-corrected chi connectivity index (χ3v) is 2.65. The summed E-state index contributed by atoms with van der Waals surface area (Å²) in [6, 6.07) is 0. The van der Waals surface area contributed by atoms with Crippen molar-refractivity contribution in [3.8, 4) is 0 Å². The van der Waals surface area contributed by atoms with E-state index in [1.807, 2.05) is 0 Å². The van der Waals surface area contributed by atoms with Crippen LogP contribution in [-0.2, 0) is 4.74 Å². The molecule has 0 bridgehead atoms. The van der Waals surface area contributed by atoms with Gasteiger partial charge in [0.1, 0.15) is 6.23 Å². The number of methoxy groups -OCH3 is 1. The molecule has 86 valence electrons. The number of nitrogens with zero attached hydrogens (tertiary/aromatic N) is 1. The Kier molecular flexibility index (Phi) is 9.42. The van der Waals surface area contributed by atoms with Gasteiger partial charge in [-0.25, -0.2) is 0 Å². The highest BCUT2D eigenvalue weighted by Gasteiger charge is 2.08. The van der Waals surface area contributed by atoms with E-state index in [-0.39, 0.29) is 0 Å². The molecule has 0 spiro atoms. The lowest BCUT2D eigenvalue weighted by Crippen LogP contribution is -2.29. The summed E-state index contributed by atoms with van der Waals surface area (Å²) in [5, 5.41) is 0. The van der Waals surface area contributed by atoms with E-state index in [0.29, 0.717) is 6.23 Å². The van der Waals surface area contributed by atoms with Crippen molar-refractivity contribution in [2.24, 2.45) is 0 Å². The van der Waals surface area contributed by atoms with E-state index in [2.05, 4.69) is 25.9 Å². The summed E-state index contributed by atoms with van der Waals surface area (Å²) in [4.78, 5) is 2.14. The highest BCUT2D eigenvalue weighted by molar-refractivity contribution is 4.54. The highest BCUT2D eigenvalue weighted by atomic mass is 16.5. The van der Waals surface area contributed by atoms with E-state index in [0.717, 1.165) is 6.42 Å². The molecule has 0 aromatic carbocycles. The summed E-state index contributed by atoms with van der Waals surface area (Å²) in [6.45, 7) is 2.26. The average molecular weight is 201 g/mol. The van der Waals surface area contributed by atoms with Crippen molar-refractivity contribution in [3.63, 3.8) is 0 Å². The second-order valence-corrected chi connectivity index (χ2v) is 4.21. The van der Waals surface area contributed by atoms with Gasteiger partial charge < -0.3 is 4.74 Å². The molecule has 14 heavy (non-hydrogen) atoms. The van der Waals surface area contributed by atoms with Gasteiger partial charge in [-0.1, -0.05) is 39.0 Å². The second kappa shape index (κ2) is 9.47. The Labute approximate surface area is 89.6 Å². The van der Waals surface area contributed by atoms with Crippen LogP contribution in [0.15, 0.2) is 0 Å². The van der Waals surface area contributed by atoms with Gasteiger partial charge in [0.05, 0.1) is 0 Å². The Morgan fingerprint density at radius 3 is 2.07 bits per heavy atom. The van der Waals surface area contributed by atoms with Crippen LogP contribution in [0.3, 0.4) is 0 Å². The number of unbranched alkanes of at least 4 members (excludes halogenated alkanes) is 5. The topological polar surface area (TPSA) is 12.5 Å². The Morgan fingerprint density at radius 1 is 1.00 bits per heavy atom. The quantitative estimate of drug-likeness (QED) is 0.419. The van der Waals surface area contributed by atoms with Crippen molar-refractivity contribution in [2.45, 2.75) is 58.1 Å². The lowest BCUT2D eigenvalue weighted by atomic mass is 10.1. The average Bonchev–Trinajstić information content (AvgIpc) is 2.16. The third kappa shape index (κ3) is 7.34. The molecule has 0 aliphatic rings. The van der Waals surface area contributed by atoms with Crippen LogP contribution in [0.5, 0.6) is 0 Å². The van der Waals surface area contributed by atoms with Gasteiger partial charge in [-0.05, 0) is 26.9 Å². The predicted molar refractivity (Wildman–Crippen MR) is 62.5 cm³/mol. The van der Waals surface area contributed by atoms with Gasteiger partial charge in [0, 0.05) is 7.11 Å². The Morgan fingerprint density at radius 2 is 1.57 bits per heavy atom.